The van der Waals surface area contributed by atoms with Crippen LogP contribution >= 0.6 is 0 Å². The summed E-state index contributed by atoms with van der Waals surface area (Å²) >= 11 is 0. The van der Waals surface area contributed by atoms with Gasteiger partial charge in [-0.25, -0.2) is 0 Å². The van der Waals surface area contributed by atoms with Crippen LogP contribution in [0.3, 0.4) is 0 Å². The molecule has 0 saturated heterocycles. The fourth-order valence-electron chi connectivity index (χ4n) is 1.22. The molecule has 1 N–H and O–H groups in total. The fraction of sp³-hybridized carbons (Fsp3) is 0.333. The van der Waals surface area contributed by atoms with Crippen LogP contribution < -0.4 is 4.74 Å². The Morgan fingerprint density at radius 3 is 2.71 bits per heavy atom. The van der Waals surface area contributed by atoms with Gasteiger partial charge in [0.2, 0.25) is 0 Å². The van der Waals surface area contributed by atoms with Gasteiger partial charge in [0.1, 0.15) is 18.5 Å². The monoisotopic (exact) mass is 246 g/mol. The number of halogens is 3. The predicted octanol–water partition coefficient (Wildman–Crippen LogP) is 3.02. The Kier molecular flexibility index (Phi) is 4.57. The Balaban J connectivity index is 2.67. The van der Waals surface area contributed by atoms with Gasteiger partial charge in [0.05, 0.1) is 5.56 Å². The number of benzene rings is 1. The molecule has 17 heavy (non-hydrogen) atoms. The smallest absolute Gasteiger partial charge is 0.416 e. The normalized spacial score (nSPS) is 13.9. The summed E-state index contributed by atoms with van der Waals surface area (Å²) in [5, 5.41) is 9.31. The zero-order chi connectivity index (χ0) is 12.9. The third-order valence-corrected chi connectivity index (χ3v) is 2.00. The van der Waals surface area contributed by atoms with E-state index >= 15 is 0 Å². The van der Waals surface area contributed by atoms with Gasteiger partial charge in [0.25, 0.3) is 0 Å². The van der Waals surface area contributed by atoms with E-state index < -0.39 is 17.8 Å². The van der Waals surface area contributed by atoms with Gasteiger partial charge < -0.3 is 9.84 Å². The van der Waals surface area contributed by atoms with E-state index in [2.05, 4.69) is 0 Å². The van der Waals surface area contributed by atoms with Crippen molar-refractivity contribution in [3.63, 3.8) is 0 Å². The Morgan fingerprint density at radius 2 is 2.12 bits per heavy atom. The molecule has 5 heteroatoms. The fourth-order valence-corrected chi connectivity index (χ4v) is 1.22. The van der Waals surface area contributed by atoms with Crippen LogP contribution in [0.4, 0.5) is 13.2 Å². The number of ether oxygens (including phenoxy) is 1. The lowest BCUT2D eigenvalue weighted by Crippen LogP contribution is -2.15. The SMILES string of the molecule is C/C=C/C(O)COc1cccc(C(F)(F)F)c1. The molecule has 1 aromatic rings. The van der Waals surface area contributed by atoms with E-state index in [4.69, 9.17) is 4.74 Å². The average molecular weight is 246 g/mol. The number of allylic oxidation sites excluding steroid dienone is 1. The Hall–Kier alpha value is -1.49. The van der Waals surface area contributed by atoms with Crippen molar-refractivity contribution in [2.45, 2.75) is 19.2 Å². The van der Waals surface area contributed by atoms with E-state index in [-0.39, 0.29) is 12.4 Å². The van der Waals surface area contributed by atoms with E-state index in [0.29, 0.717) is 0 Å². The van der Waals surface area contributed by atoms with Crippen molar-refractivity contribution in [2.24, 2.45) is 0 Å². The summed E-state index contributed by atoms with van der Waals surface area (Å²) in [7, 11) is 0. The van der Waals surface area contributed by atoms with Crippen LogP contribution in [-0.4, -0.2) is 17.8 Å². The summed E-state index contributed by atoms with van der Waals surface area (Å²) in [6, 6.07) is 4.55. The lowest BCUT2D eigenvalue weighted by Gasteiger charge is -2.11. The molecule has 1 unspecified atom stereocenters. The summed E-state index contributed by atoms with van der Waals surface area (Å²) in [5.74, 6) is 0.0865. The summed E-state index contributed by atoms with van der Waals surface area (Å²) in [5.41, 5.74) is -0.768. The standard InChI is InChI=1S/C12H13F3O2/c1-2-4-10(16)8-17-11-6-3-5-9(7-11)12(13,14)15/h2-7,10,16H,8H2,1H3/b4-2+. The number of rotatable bonds is 4. The van der Waals surface area contributed by atoms with E-state index in [9.17, 15) is 18.3 Å². The summed E-state index contributed by atoms with van der Waals surface area (Å²) < 4.78 is 42.2. The highest BCUT2D eigenvalue weighted by Gasteiger charge is 2.30. The quantitative estimate of drug-likeness (QED) is 0.827. The molecule has 1 atom stereocenters. The summed E-state index contributed by atoms with van der Waals surface area (Å²) in [6.07, 6.45) is -2.08. The molecule has 0 spiro atoms. The highest BCUT2D eigenvalue weighted by Crippen LogP contribution is 2.31. The molecule has 0 fully saturated rings. The second-order valence-electron chi connectivity index (χ2n) is 3.43. The van der Waals surface area contributed by atoms with Crippen LogP contribution in [0, 0.1) is 0 Å². The first-order valence-electron chi connectivity index (χ1n) is 5.04. The zero-order valence-electron chi connectivity index (χ0n) is 9.24. The molecular formula is C12H13F3O2. The van der Waals surface area contributed by atoms with Crippen LogP contribution in [0.2, 0.25) is 0 Å². The molecule has 0 aliphatic carbocycles. The van der Waals surface area contributed by atoms with Gasteiger partial charge in [0, 0.05) is 0 Å². The Labute approximate surface area is 97.3 Å². The molecular weight excluding hydrogens is 233 g/mol. The molecule has 0 aliphatic heterocycles. The van der Waals surface area contributed by atoms with Crippen LogP contribution in [-0.2, 0) is 6.18 Å². The second-order valence-corrected chi connectivity index (χ2v) is 3.43. The number of aliphatic hydroxyl groups excluding tert-OH is 1. The van der Waals surface area contributed by atoms with E-state index in [0.717, 1.165) is 12.1 Å². The van der Waals surface area contributed by atoms with E-state index in [1.54, 1.807) is 13.0 Å². The largest absolute Gasteiger partial charge is 0.491 e. The van der Waals surface area contributed by atoms with E-state index in [1.165, 1.54) is 18.2 Å². The first kappa shape index (κ1) is 13.6. The van der Waals surface area contributed by atoms with Crippen molar-refractivity contribution in [3.05, 3.63) is 42.0 Å². The van der Waals surface area contributed by atoms with Gasteiger partial charge in [-0.3, -0.25) is 0 Å². The maximum Gasteiger partial charge on any atom is 0.416 e. The molecule has 1 rings (SSSR count). The Bertz CT molecular complexity index is 386. The van der Waals surface area contributed by atoms with Crippen LogP contribution in [0.15, 0.2) is 36.4 Å². The first-order valence-corrected chi connectivity index (χ1v) is 5.04. The second kappa shape index (κ2) is 5.72. The highest BCUT2D eigenvalue weighted by atomic mass is 19.4. The summed E-state index contributed by atoms with van der Waals surface area (Å²) in [4.78, 5) is 0. The lowest BCUT2D eigenvalue weighted by atomic mass is 10.2. The van der Waals surface area contributed by atoms with Crippen molar-refractivity contribution in [1.29, 1.82) is 0 Å². The minimum absolute atomic E-state index is 0.0777. The highest BCUT2D eigenvalue weighted by molar-refractivity contribution is 5.30. The third-order valence-electron chi connectivity index (χ3n) is 2.00. The van der Waals surface area contributed by atoms with Gasteiger partial charge in [0.15, 0.2) is 0 Å². The van der Waals surface area contributed by atoms with Crippen LogP contribution in [0.1, 0.15) is 12.5 Å². The van der Waals surface area contributed by atoms with Crippen molar-refractivity contribution in [3.8, 4) is 5.75 Å². The Morgan fingerprint density at radius 1 is 1.41 bits per heavy atom. The zero-order valence-corrected chi connectivity index (χ0v) is 9.24. The minimum Gasteiger partial charge on any atom is -0.491 e. The van der Waals surface area contributed by atoms with Crippen molar-refractivity contribution >= 4 is 0 Å². The molecule has 1 aromatic carbocycles. The molecule has 0 heterocycles. The van der Waals surface area contributed by atoms with Crippen molar-refractivity contribution in [1.82, 2.24) is 0 Å². The third kappa shape index (κ3) is 4.48. The van der Waals surface area contributed by atoms with Gasteiger partial charge in [-0.05, 0) is 25.1 Å². The molecule has 0 aliphatic rings. The van der Waals surface area contributed by atoms with Crippen LogP contribution in [0.25, 0.3) is 0 Å². The molecule has 0 amide bonds. The number of hydrogen-bond acceptors (Lipinski definition) is 2. The first-order chi connectivity index (χ1) is 7.93. The molecule has 0 aromatic heterocycles. The van der Waals surface area contributed by atoms with Crippen molar-refractivity contribution < 1.29 is 23.0 Å². The lowest BCUT2D eigenvalue weighted by molar-refractivity contribution is -0.137. The topological polar surface area (TPSA) is 29.5 Å². The number of alkyl halides is 3. The minimum atomic E-state index is -4.39. The predicted molar refractivity (Wildman–Crippen MR) is 57.8 cm³/mol. The van der Waals surface area contributed by atoms with Crippen LogP contribution in [0.5, 0.6) is 5.75 Å². The van der Waals surface area contributed by atoms with Crippen molar-refractivity contribution in [2.75, 3.05) is 6.61 Å². The molecule has 0 radical (unpaired) electrons. The van der Waals surface area contributed by atoms with Gasteiger partial charge >= 0.3 is 6.18 Å². The molecule has 2 nitrogen and oxygen atoms in total. The van der Waals surface area contributed by atoms with Gasteiger partial charge in [-0.1, -0.05) is 18.2 Å². The molecule has 0 bridgehead atoms. The van der Waals surface area contributed by atoms with Gasteiger partial charge in [-0.15, -0.1) is 0 Å². The maximum absolute atomic E-state index is 12.4. The number of hydrogen-bond donors (Lipinski definition) is 1. The van der Waals surface area contributed by atoms with Gasteiger partial charge in [-0.2, -0.15) is 13.2 Å². The molecule has 0 saturated carbocycles. The number of aliphatic hydroxyl groups is 1. The summed E-state index contributed by atoms with van der Waals surface area (Å²) in [6.45, 7) is 1.65. The van der Waals surface area contributed by atoms with E-state index in [1.807, 2.05) is 0 Å². The molecule has 94 valence electrons. The average Bonchev–Trinajstić information content (AvgIpc) is 2.26. The maximum atomic E-state index is 12.4.